The molecular formula is C12H18N2O4S. The number of thiazole rings is 1. The number of rotatable bonds is 7. The van der Waals surface area contributed by atoms with Crippen LogP contribution in [0.1, 0.15) is 41.1 Å². The van der Waals surface area contributed by atoms with Crippen molar-refractivity contribution in [2.45, 2.75) is 26.4 Å². The van der Waals surface area contributed by atoms with Gasteiger partial charge in [0, 0.05) is 20.2 Å². The van der Waals surface area contributed by atoms with Gasteiger partial charge in [-0.15, -0.1) is 11.3 Å². The second-order valence-electron chi connectivity index (χ2n) is 4.03. The predicted molar refractivity (Wildman–Crippen MR) is 71.4 cm³/mol. The molecule has 1 rings (SSSR count). The summed E-state index contributed by atoms with van der Waals surface area (Å²) in [5.41, 5.74) is 0. The van der Waals surface area contributed by atoms with Gasteiger partial charge in [-0.25, -0.2) is 4.98 Å². The summed E-state index contributed by atoms with van der Waals surface area (Å²) in [6.45, 7) is 4.55. The van der Waals surface area contributed by atoms with E-state index in [0.717, 1.165) is 5.01 Å². The molecule has 0 aliphatic rings. The maximum Gasteiger partial charge on any atom is 0.305 e. The summed E-state index contributed by atoms with van der Waals surface area (Å²) in [7, 11) is 1.58. The van der Waals surface area contributed by atoms with Crippen molar-refractivity contribution in [2.24, 2.45) is 0 Å². The zero-order valence-electron chi connectivity index (χ0n) is 11.3. The monoisotopic (exact) mass is 286 g/mol. The molecular weight excluding hydrogens is 268 g/mol. The van der Waals surface area contributed by atoms with Crippen LogP contribution in [0.2, 0.25) is 0 Å². The van der Waals surface area contributed by atoms with E-state index < -0.39 is 5.97 Å². The number of carbonyl (C=O) groups is 2. The second kappa shape index (κ2) is 7.20. The number of aromatic nitrogens is 1. The maximum absolute atomic E-state index is 12.0. The minimum Gasteiger partial charge on any atom is -0.481 e. The van der Waals surface area contributed by atoms with E-state index in [0.29, 0.717) is 11.5 Å². The van der Waals surface area contributed by atoms with Crippen LogP contribution in [0.15, 0.2) is 6.20 Å². The van der Waals surface area contributed by atoms with Crippen LogP contribution in [-0.4, -0.2) is 47.1 Å². The van der Waals surface area contributed by atoms with Gasteiger partial charge < -0.3 is 14.7 Å². The number of carbonyl (C=O) groups excluding carboxylic acids is 1. The normalized spacial score (nSPS) is 12.2. The van der Waals surface area contributed by atoms with Crippen LogP contribution in [0.3, 0.4) is 0 Å². The van der Waals surface area contributed by atoms with Crippen LogP contribution in [0.5, 0.6) is 0 Å². The molecule has 0 aliphatic heterocycles. The van der Waals surface area contributed by atoms with E-state index in [1.807, 2.05) is 13.8 Å². The van der Waals surface area contributed by atoms with Gasteiger partial charge in [-0.3, -0.25) is 9.59 Å². The molecule has 0 saturated carbocycles. The highest BCUT2D eigenvalue weighted by Crippen LogP contribution is 2.23. The van der Waals surface area contributed by atoms with Crippen LogP contribution in [0.25, 0.3) is 0 Å². The van der Waals surface area contributed by atoms with E-state index >= 15 is 0 Å². The van der Waals surface area contributed by atoms with Gasteiger partial charge in [-0.2, -0.15) is 0 Å². The van der Waals surface area contributed by atoms with Gasteiger partial charge in [0.15, 0.2) is 0 Å². The Morgan fingerprint density at radius 3 is 2.84 bits per heavy atom. The third kappa shape index (κ3) is 4.60. The van der Waals surface area contributed by atoms with Gasteiger partial charge in [0.05, 0.1) is 12.6 Å². The van der Waals surface area contributed by atoms with Gasteiger partial charge >= 0.3 is 5.97 Å². The van der Waals surface area contributed by atoms with Crippen LogP contribution < -0.4 is 0 Å². The van der Waals surface area contributed by atoms with Crippen molar-refractivity contribution in [3.8, 4) is 0 Å². The SMILES string of the molecule is CCOC(C)c1ncc(C(=O)N(C)CCC(=O)O)s1. The third-order valence-corrected chi connectivity index (χ3v) is 3.65. The largest absolute Gasteiger partial charge is 0.481 e. The lowest BCUT2D eigenvalue weighted by Gasteiger charge is -2.14. The van der Waals surface area contributed by atoms with E-state index in [9.17, 15) is 9.59 Å². The molecule has 1 atom stereocenters. The van der Waals surface area contributed by atoms with E-state index in [-0.39, 0.29) is 25.0 Å². The highest BCUT2D eigenvalue weighted by Gasteiger charge is 2.18. The Labute approximate surface area is 116 Å². The standard InChI is InChI=1S/C12H18N2O4S/c1-4-18-8(2)11-13-7-9(19-11)12(17)14(3)6-5-10(15)16/h7-8H,4-6H2,1-3H3,(H,15,16). The zero-order chi connectivity index (χ0) is 14.4. The fourth-order valence-electron chi connectivity index (χ4n) is 1.45. The molecule has 7 heteroatoms. The topological polar surface area (TPSA) is 79.7 Å². The van der Waals surface area contributed by atoms with Gasteiger partial charge in [0.1, 0.15) is 16.0 Å². The number of nitrogens with zero attached hydrogens (tertiary/aromatic N) is 2. The summed E-state index contributed by atoms with van der Waals surface area (Å²) >= 11 is 1.28. The quantitative estimate of drug-likeness (QED) is 0.826. The van der Waals surface area contributed by atoms with Crippen molar-refractivity contribution < 1.29 is 19.4 Å². The second-order valence-corrected chi connectivity index (χ2v) is 5.09. The summed E-state index contributed by atoms with van der Waals surface area (Å²) in [4.78, 5) is 28.5. The molecule has 1 heterocycles. The van der Waals surface area contributed by atoms with Crippen molar-refractivity contribution >= 4 is 23.2 Å². The number of amides is 1. The van der Waals surface area contributed by atoms with Crippen molar-refractivity contribution in [1.29, 1.82) is 0 Å². The Balaban J connectivity index is 2.64. The zero-order valence-corrected chi connectivity index (χ0v) is 12.1. The average Bonchev–Trinajstić information content (AvgIpc) is 2.84. The third-order valence-electron chi connectivity index (χ3n) is 2.51. The predicted octanol–water partition coefficient (Wildman–Crippen LogP) is 1.79. The molecule has 0 saturated heterocycles. The highest BCUT2D eigenvalue weighted by molar-refractivity contribution is 7.13. The van der Waals surface area contributed by atoms with Crippen LogP contribution in [0.4, 0.5) is 0 Å². The average molecular weight is 286 g/mol. The molecule has 1 N–H and O–H groups in total. The van der Waals surface area contributed by atoms with Crippen LogP contribution >= 0.6 is 11.3 Å². The molecule has 6 nitrogen and oxygen atoms in total. The Kier molecular flexibility index (Phi) is 5.91. The summed E-state index contributed by atoms with van der Waals surface area (Å²) in [6.07, 6.45) is 1.30. The molecule has 106 valence electrons. The van der Waals surface area contributed by atoms with Crippen molar-refractivity contribution in [3.63, 3.8) is 0 Å². The lowest BCUT2D eigenvalue weighted by Crippen LogP contribution is -2.28. The number of hydrogen-bond donors (Lipinski definition) is 1. The van der Waals surface area contributed by atoms with Crippen molar-refractivity contribution in [1.82, 2.24) is 9.88 Å². The summed E-state index contributed by atoms with van der Waals surface area (Å²) < 4.78 is 5.41. The van der Waals surface area contributed by atoms with Crippen LogP contribution in [0, 0.1) is 0 Å². The smallest absolute Gasteiger partial charge is 0.305 e. The van der Waals surface area contributed by atoms with Gasteiger partial charge in [0.25, 0.3) is 5.91 Å². The molecule has 0 aromatic carbocycles. The molecule has 0 aliphatic carbocycles. The fraction of sp³-hybridized carbons (Fsp3) is 0.583. The minimum atomic E-state index is -0.922. The number of ether oxygens (including phenoxy) is 1. The van der Waals surface area contributed by atoms with E-state index in [1.54, 1.807) is 7.05 Å². The van der Waals surface area contributed by atoms with Crippen molar-refractivity contribution in [3.05, 3.63) is 16.1 Å². The maximum atomic E-state index is 12.0. The van der Waals surface area contributed by atoms with E-state index in [4.69, 9.17) is 9.84 Å². The van der Waals surface area contributed by atoms with Gasteiger partial charge in [0.2, 0.25) is 0 Å². The Morgan fingerprint density at radius 2 is 2.26 bits per heavy atom. The molecule has 0 bridgehead atoms. The van der Waals surface area contributed by atoms with Crippen LogP contribution in [-0.2, 0) is 9.53 Å². The van der Waals surface area contributed by atoms with Crippen molar-refractivity contribution in [2.75, 3.05) is 20.2 Å². The molecule has 0 spiro atoms. The number of carboxylic acid groups (broad SMARTS) is 1. The molecule has 1 aromatic heterocycles. The molecule has 1 aromatic rings. The lowest BCUT2D eigenvalue weighted by molar-refractivity contribution is -0.137. The minimum absolute atomic E-state index is 0.0662. The number of carboxylic acids is 1. The highest BCUT2D eigenvalue weighted by atomic mass is 32.1. The molecule has 0 fully saturated rings. The van der Waals surface area contributed by atoms with E-state index in [1.165, 1.54) is 22.4 Å². The van der Waals surface area contributed by atoms with Gasteiger partial charge in [-0.05, 0) is 13.8 Å². The summed E-state index contributed by atoms with van der Waals surface area (Å²) in [5, 5.41) is 9.33. The summed E-state index contributed by atoms with van der Waals surface area (Å²) in [5.74, 6) is -1.14. The Bertz CT molecular complexity index is 447. The number of aliphatic carboxylic acids is 1. The lowest BCUT2D eigenvalue weighted by atomic mass is 10.3. The first-order valence-electron chi connectivity index (χ1n) is 6.00. The molecule has 19 heavy (non-hydrogen) atoms. The van der Waals surface area contributed by atoms with Gasteiger partial charge in [-0.1, -0.05) is 0 Å². The first-order valence-corrected chi connectivity index (χ1v) is 6.82. The molecule has 0 radical (unpaired) electrons. The number of hydrogen-bond acceptors (Lipinski definition) is 5. The Morgan fingerprint density at radius 1 is 1.58 bits per heavy atom. The first-order chi connectivity index (χ1) is 8.95. The molecule has 1 unspecified atom stereocenters. The fourth-order valence-corrected chi connectivity index (χ4v) is 2.36. The Hall–Kier alpha value is -1.47. The van der Waals surface area contributed by atoms with E-state index in [2.05, 4.69) is 4.98 Å². The first kappa shape index (κ1) is 15.6. The molecule has 1 amide bonds. The summed E-state index contributed by atoms with van der Waals surface area (Å²) in [6, 6.07) is 0.